The minimum Gasteiger partial charge on any atom is -0.336 e. The average Bonchev–Trinajstić information content (AvgIpc) is 2.53. The number of piperazine rings is 1. The number of rotatable bonds is 2. The smallest absolute Gasteiger partial charge is 0.253 e. The number of fused-ring (bicyclic) bond motifs is 1. The second kappa shape index (κ2) is 6.01. The molecule has 1 N–H and O–H groups in total. The highest BCUT2D eigenvalue weighted by molar-refractivity contribution is 5.94. The maximum absolute atomic E-state index is 12.7. The van der Waals surface area contributed by atoms with Crippen LogP contribution in [0.4, 0.5) is 0 Å². The first-order chi connectivity index (χ1) is 10.8. The molecule has 3 aliphatic rings. The van der Waals surface area contributed by atoms with Crippen molar-refractivity contribution < 1.29 is 4.79 Å². The molecule has 118 valence electrons. The van der Waals surface area contributed by atoms with Gasteiger partial charge in [-0.05, 0) is 49.1 Å². The third-order valence-electron chi connectivity index (χ3n) is 5.53. The van der Waals surface area contributed by atoms with E-state index in [1.165, 1.54) is 30.4 Å². The summed E-state index contributed by atoms with van der Waals surface area (Å²) in [5, 5.41) is 3.38. The largest absolute Gasteiger partial charge is 0.336 e. The third-order valence-corrected chi connectivity index (χ3v) is 5.53. The van der Waals surface area contributed by atoms with Crippen molar-refractivity contribution in [3.63, 3.8) is 0 Å². The Hall–Kier alpha value is -1.39. The van der Waals surface area contributed by atoms with Gasteiger partial charge in [-0.3, -0.25) is 9.69 Å². The van der Waals surface area contributed by atoms with Crippen molar-refractivity contribution in [3.05, 3.63) is 34.9 Å². The molecule has 4 rings (SSSR count). The lowest BCUT2D eigenvalue weighted by Crippen LogP contribution is -2.53. The highest BCUT2D eigenvalue weighted by Gasteiger charge is 2.29. The number of nitrogens with zero attached hydrogens (tertiary/aromatic N) is 2. The van der Waals surface area contributed by atoms with E-state index in [0.717, 1.165) is 57.3 Å². The standard InChI is InChI=1S/C18H25N3O/c22-18(15-4-5-16-13-19-7-6-14(16)12-15)21-10-8-20(9-11-21)17-2-1-3-17/h4-5,12,17,19H,1-3,6-11,13H2. The predicted molar refractivity (Wildman–Crippen MR) is 87.0 cm³/mol. The Kier molecular flexibility index (Phi) is 3.89. The van der Waals surface area contributed by atoms with E-state index < -0.39 is 0 Å². The Balaban J connectivity index is 1.41. The van der Waals surface area contributed by atoms with E-state index in [2.05, 4.69) is 22.3 Å². The van der Waals surface area contributed by atoms with Crippen molar-refractivity contribution >= 4 is 5.91 Å². The first-order valence-electron chi connectivity index (χ1n) is 8.67. The van der Waals surface area contributed by atoms with Crippen molar-refractivity contribution in [2.45, 2.75) is 38.3 Å². The van der Waals surface area contributed by atoms with Crippen molar-refractivity contribution in [1.82, 2.24) is 15.1 Å². The first-order valence-corrected chi connectivity index (χ1v) is 8.67. The molecule has 1 aromatic carbocycles. The molecule has 4 heteroatoms. The van der Waals surface area contributed by atoms with Gasteiger partial charge in [0, 0.05) is 44.3 Å². The number of hydrogen-bond donors (Lipinski definition) is 1. The van der Waals surface area contributed by atoms with Gasteiger partial charge in [-0.15, -0.1) is 0 Å². The molecule has 0 unspecified atom stereocenters. The Bertz CT molecular complexity index is 559. The van der Waals surface area contributed by atoms with Gasteiger partial charge < -0.3 is 10.2 Å². The minimum absolute atomic E-state index is 0.217. The van der Waals surface area contributed by atoms with E-state index in [1.54, 1.807) is 0 Å². The number of amides is 1. The zero-order chi connectivity index (χ0) is 14.9. The van der Waals surface area contributed by atoms with Crippen LogP contribution in [0.3, 0.4) is 0 Å². The van der Waals surface area contributed by atoms with Gasteiger partial charge in [-0.1, -0.05) is 12.5 Å². The van der Waals surface area contributed by atoms with E-state index >= 15 is 0 Å². The number of carbonyl (C=O) groups excluding carboxylic acids is 1. The highest BCUT2D eigenvalue weighted by atomic mass is 16.2. The molecule has 1 amide bonds. The molecule has 0 atom stereocenters. The summed E-state index contributed by atoms with van der Waals surface area (Å²) in [5.74, 6) is 0.217. The van der Waals surface area contributed by atoms with Gasteiger partial charge in [-0.25, -0.2) is 0 Å². The second-order valence-corrected chi connectivity index (χ2v) is 6.82. The van der Waals surface area contributed by atoms with Crippen LogP contribution in [0.1, 0.15) is 40.7 Å². The monoisotopic (exact) mass is 299 g/mol. The summed E-state index contributed by atoms with van der Waals surface area (Å²) in [4.78, 5) is 17.4. The van der Waals surface area contributed by atoms with Crippen LogP contribution in [0.15, 0.2) is 18.2 Å². The molecule has 0 aromatic heterocycles. The molecular formula is C18H25N3O. The Morgan fingerprint density at radius 2 is 1.91 bits per heavy atom. The van der Waals surface area contributed by atoms with E-state index in [1.807, 2.05) is 11.0 Å². The number of carbonyl (C=O) groups is 1. The molecule has 2 aliphatic heterocycles. The highest BCUT2D eigenvalue weighted by Crippen LogP contribution is 2.26. The van der Waals surface area contributed by atoms with Crippen LogP contribution in [-0.2, 0) is 13.0 Å². The molecular weight excluding hydrogens is 274 g/mol. The van der Waals surface area contributed by atoms with Crippen LogP contribution in [0, 0.1) is 0 Å². The number of benzene rings is 1. The quantitative estimate of drug-likeness (QED) is 0.902. The minimum atomic E-state index is 0.217. The van der Waals surface area contributed by atoms with Gasteiger partial charge >= 0.3 is 0 Å². The number of hydrogen-bond acceptors (Lipinski definition) is 3. The van der Waals surface area contributed by atoms with Crippen LogP contribution < -0.4 is 5.32 Å². The van der Waals surface area contributed by atoms with Crippen LogP contribution in [-0.4, -0.2) is 54.5 Å². The lowest BCUT2D eigenvalue weighted by atomic mass is 9.91. The van der Waals surface area contributed by atoms with Crippen molar-refractivity contribution in [2.24, 2.45) is 0 Å². The molecule has 1 saturated heterocycles. The topological polar surface area (TPSA) is 35.6 Å². The van der Waals surface area contributed by atoms with E-state index in [0.29, 0.717) is 0 Å². The van der Waals surface area contributed by atoms with Gasteiger partial charge in [-0.2, -0.15) is 0 Å². The van der Waals surface area contributed by atoms with Crippen molar-refractivity contribution in [2.75, 3.05) is 32.7 Å². The SMILES string of the molecule is O=C(c1ccc2c(c1)CCNC2)N1CCN(C2CCC2)CC1. The summed E-state index contributed by atoms with van der Waals surface area (Å²) in [6.45, 7) is 5.81. The average molecular weight is 299 g/mol. The molecule has 2 heterocycles. The van der Waals surface area contributed by atoms with Crippen LogP contribution in [0.25, 0.3) is 0 Å². The predicted octanol–water partition coefficient (Wildman–Crippen LogP) is 1.64. The lowest BCUT2D eigenvalue weighted by Gasteiger charge is -2.43. The molecule has 22 heavy (non-hydrogen) atoms. The van der Waals surface area contributed by atoms with Crippen LogP contribution in [0.5, 0.6) is 0 Å². The van der Waals surface area contributed by atoms with Crippen LogP contribution >= 0.6 is 0 Å². The second-order valence-electron chi connectivity index (χ2n) is 6.82. The summed E-state index contributed by atoms with van der Waals surface area (Å²) in [6.07, 6.45) is 5.12. The van der Waals surface area contributed by atoms with Gasteiger partial charge in [0.05, 0.1) is 0 Å². The molecule has 2 fully saturated rings. The molecule has 0 radical (unpaired) electrons. The van der Waals surface area contributed by atoms with Gasteiger partial charge in [0.15, 0.2) is 0 Å². The maximum atomic E-state index is 12.7. The summed E-state index contributed by atoms with van der Waals surface area (Å²) < 4.78 is 0. The molecule has 0 spiro atoms. The normalized spacial score (nSPS) is 23.0. The Labute approximate surface area is 132 Å². The fraction of sp³-hybridized carbons (Fsp3) is 0.611. The molecule has 4 nitrogen and oxygen atoms in total. The molecule has 0 bridgehead atoms. The molecule has 1 aliphatic carbocycles. The summed E-state index contributed by atoms with van der Waals surface area (Å²) in [6, 6.07) is 7.05. The number of nitrogens with one attached hydrogen (secondary N) is 1. The third kappa shape index (κ3) is 2.66. The van der Waals surface area contributed by atoms with Gasteiger partial charge in [0.1, 0.15) is 0 Å². The summed E-state index contributed by atoms with van der Waals surface area (Å²) in [5.41, 5.74) is 3.56. The summed E-state index contributed by atoms with van der Waals surface area (Å²) >= 11 is 0. The van der Waals surface area contributed by atoms with Gasteiger partial charge in [0.2, 0.25) is 0 Å². The molecule has 1 aromatic rings. The van der Waals surface area contributed by atoms with Crippen molar-refractivity contribution in [3.8, 4) is 0 Å². The lowest BCUT2D eigenvalue weighted by molar-refractivity contribution is 0.0455. The van der Waals surface area contributed by atoms with E-state index in [-0.39, 0.29) is 5.91 Å². The van der Waals surface area contributed by atoms with E-state index in [9.17, 15) is 4.79 Å². The van der Waals surface area contributed by atoms with E-state index in [4.69, 9.17) is 0 Å². The van der Waals surface area contributed by atoms with Crippen molar-refractivity contribution in [1.29, 1.82) is 0 Å². The zero-order valence-electron chi connectivity index (χ0n) is 13.2. The molecule has 1 saturated carbocycles. The summed E-state index contributed by atoms with van der Waals surface area (Å²) in [7, 11) is 0. The Morgan fingerprint density at radius 1 is 1.09 bits per heavy atom. The zero-order valence-corrected chi connectivity index (χ0v) is 13.2. The van der Waals surface area contributed by atoms with Gasteiger partial charge in [0.25, 0.3) is 5.91 Å². The first kappa shape index (κ1) is 14.2. The van der Waals surface area contributed by atoms with Crippen LogP contribution in [0.2, 0.25) is 0 Å². The fourth-order valence-corrected chi connectivity index (χ4v) is 3.83. The Morgan fingerprint density at radius 3 is 2.64 bits per heavy atom. The fourth-order valence-electron chi connectivity index (χ4n) is 3.83. The maximum Gasteiger partial charge on any atom is 0.253 e.